The molecule has 198 valence electrons. The van der Waals surface area contributed by atoms with Gasteiger partial charge in [0.1, 0.15) is 5.65 Å². The number of hydrogen-bond donors (Lipinski definition) is 0. The lowest BCUT2D eigenvalue weighted by atomic mass is 10.1. The minimum Gasteiger partial charge on any atom is -0.477 e. The summed E-state index contributed by atoms with van der Waals surface area (Å²) in [5, 5.41) is 10.4. The van der Waals surface area contributed by atoms with Crippen molar-refractivity contribution in [1.29, 1.82) is 0 Å². The van der Waals surface area contributed by atoms with Gasteiger partial charge in [-0.1, -0.05) is 44.9 Å². The van der Waals surface area contributed by atoms with Gasteiger partial charge in [-0.2, -0.15) is 15.2 Å². The molecule has 0 atom stereocenters. The third-order valence-corrected chi connectivity index (χ3v) is 7.35. The maximum Gasteiger partial charge on any atom is 0.262 e. The number of benzene rings is 2. The lowest BCUT2D eigenvalue weighted by Gasteiger charge is -2.16. The van der Waals surface area contributed by atoms with Crippen molar-refractivity contribution in [2.45, 2.75) is 40.2 Å². The van der Waals surface area contributed by atoms with Gasteiger partial charge in [-0.05, 0) is 42.7 Å². The standard InChI is InChI=1S/C30H31N7O2/c1-5-20(6-2)18-39-29-24-14-21(22-15-31-35(4)16-22)11-12-25(24)32-27(33-29)17-36-28-13-19(3)34-37(28)26-10-8-7-9-23(26)30(36)38/h7-16,20H,5-6,17-18H2,1-4H3. The summed E-state index contributed by atoms with van der Waals surface area (Å²) in [4.78, 5) is 23.4. The Morgan fingerprint density at radius 3 is 2.56 bits per heavy atom. The predicted molar refractivity (Wildman–Crippen MR) is 152 cm³/mol. The highest BCUT2D eigenvalue weighted by atomic mass is 16.5. The van der Waals surface area contributed by atoms with Crippen LogP contribution in [-0.2, 0) is 13.6 Å². The molecule has 0 saturated carbocycles. The third-order valence-electron chi connectivity index (χ3n) is 7.35. The molecular weight excluding hydrogens is 490 g/mol. The zero-order valence-corrected chi connectivity index (χ0v) is 22.6. The number of para-hydroxylation sites is 1. The van der Waals surface area contributed by atoms with Crippen LogP contribution in [0.25, 0.3) is 38.6 Å². The molecule has 6 rings (SSSR count). The molecule has 0 spiro atoms. The van der Waals surface area contributed by atoms with Crippen LogP contribution in [0.15, 0.2) is 65.7 Å². The Morgan fingerprint density at radius 2 is 1.79 bits per heavy atom. The molecule has 0 radical (unpaired) electrons. The second-order valence-corrected chi connectivity index (χ2v) is 10.0. The van der Waals surface area contributed by atoms with Crippen molar-refractivity contribution in [3.05, 3.63) is 82.8 Å². The molecule has 0 aliphatic carbocycles. The highest BCUT2D eigenvalue weighted by Gasteiger charge is 2.17. The molecule has 4 heterocycles. The normalized spacial score (nSPS) is 11.8. The van der Waals surface area contributed by atoms with Crippen LogP contribution in [0.4, 0.5) is 0 Å². The monoisotopic (exact) mass is 521 g/mol. The van der Waals surface area contributed by atoms with E-state index in [0.29, 0.717) is 35.3 Å². The average molecular weight is 522 g/mol. The molecule has 0 N–H and O–H groups in total. The number of rotatable bonds is 8. The van der Waals surface area contributed by atoms with Crippen LogP contribution in [0.1, 0.15) is 38.2 Å². The van der Waals surface area contributed by atoms with Crippen LogP contribution >= 0.6 is 0 Å². The van der Waals surface area contributed by atoms with E-state index in [-0.39, 0.29) is 12.1 Å². The minimum atomic E-state index is -0.104. The Labute approximate surface area is 225 Å². The van der Waals surface area contributed by atoms with Gasteiger partial charge in [0.25, 0.3) is 5.56 Å². The molecule has 39 heavy (non-hydrogen) atoms. The number of nitrogens with zero attached hydrogens (tertiary/aromatic N) is 7. The zero-order chi connectivity index (χ0) is 27.1. The van der Waals surface area contributed by atoms with E-state index >= 15 is 0 Å². The Morgan fingerprint density at radius 1 is 0.974 bits per heavy atom. The largest absolute Gasteiger partial charge is 0.477 e. The van der Waals surface area contributed by atoms with Gasteiger partial charge in [0.05, 0.1) is 46.8 Å². The molecule has 0 fully saturated rings. The van der Waals surface area contributed by atoms with Crippen molar-refractivity contribution in [3.63, 3.8) is 0 Å². The first-order valence-electron chi connectivity index (χ1n) is 13.4. The summed E-state index contributed by atoms with van der Waals surface area (Å²) in [6, 6.07) is 15.5. The Balaban J connectivity index is 1.49. The smallest absolute Gasteiger partial charge is 0.262 e. The van der Waals surface area contributed by atoms with Crippen molar-refractivity contribution in [2.24, 2.45) is 13.0 Å². The van der Waals surface area contributed by atoms with E-state index in [4.69, 9.17) is 14.7 Å². The maximum atomic E-state index is 13.6. The van der Waals surface area contributed by atoms with Gasteiger partial charge in [0, 0.05) is 24.9 Å². The third kappa shape index (κ3) is 4.54. The topological polar surface area (TPSA) is 92.1 Å². The van der Waals surface area contributed by atoms with E-state index < -0.39 is 0 Å². The van der Waals surface area contributed by atoms with Crippen LogP contribution in [-0.4, -0.2) is 40.5 Å². The van der Waals surface area contributed by atoms with Gasteiger partial charge in [-0.15, -0.1) is 0 Å². The van der Waals surface area contributed by atoms with E-state index in [9.17, 15) is 4.79 Å². The fourth-order valence-corrected chi connectivity index (χ4v) is 5.04. The predicted octanol–water partition coefficient (Wildman–Crippen LogP) is 5.16. The lowest BCUT2D eigenvalue weighted by molar-refractivity contribution is 0.234. The second-order valence-electron chi connectivity index (χ2n) is 10.0. The summed E-state index contributed by atoms with van der Waals surface area (Å²) in [7, 11) is 1.90. The molecule has 6 aromatic rings. The van der Waals surface area contributed by atoms with Gasteiger partial charge < -0.3 is 4.74 Å². The highest BCUT2D eigenvalue weighted by Crippen LogP contribution is 2.29. The van der Waals surface area contributed by atoms with E-state index in [1.54, 1.807) is 9.25 Å². The number of ether oxygens (including phenoxy) is 1. The molecule has 0 saturated heterocycles. The Kier molecular flexibility index (Phi) is 6.34. The summed E-state index contributed by atoms with van der Waals surface area (Å²) < 4.78 is 11.6. The van der Waals surface area contributed by atoms with E-state index in [1.165, 1.54) is 0 Å². The van der Waals surface area contributed by atoms with E-state index in [2.05, 4.69) is 30.1 Å². The molecule has 2 aromatic carbocycles. The summed E-state index contributed by atoms with van der Waals surface area (Å²) >= 11 is 0. The van der Waals surface area contributed by atoms with E-state index in [1.807, 2.05) is 73.3 Å². The van der Waals surface area contributed by atoms with Gasteiger partial charge in [-0.25, -0.2) is 9.50 Å². The van der Waals surface area contributed by atoms with Crippen LogP contribution in [0.3, 0.4) is 0 Å². The number of aryl methyl sites for hydroxylation is 2. The first kappa shape index (κ1) is 24.8. The summed E-state index contributed by atoms with van der Waals surface area (Å²) in [6.07, 6.45) is 5.87. The molecule has 9 nitrogen and oxygen atoms in total. The number of aromatic nitrogens is 7. The quantitative estimate of drug-likeness (QED) is 0.275. The molecular formula is C30H31N7O2. The van der Waals surface area contributed by atoms with Crippen molar-refractivity contribution >= 4 is 27.5 Å². The summed E-state index contributed by atoms with van der Waals surface area (Å²) in [5.74, 6) is 1.47. The summed E-state index contributed by atoms with van der Waals surface area (Å²) in [5.41, 5.74) is 4.99. The number of fused-ring (bicyclic) bond motifs is 4. The molecule has 0 amide bonds. The van der Waals surface area contributed by atoms with Crippen molar-refractivity contribution in [1.82, 2.24) is 33.9 Å². The Bertz CT molecular complexity index is 1880. The van der Waals surface area contributed by atoms with Gasteiger partial charge >= 0.3 is 0 Å². The molecule has 9 heteroatoms. The van der Waals surface area contributed by atoms with Crippen molar-refractivity contribution in [3.8, 4) is 17.0 Å². The molecule has 4 aromatic heterocycles. The average Bonchev–Trinajstić information content (AvgIpc) is 3.56. The first-order chi connectivity index (χ1) is 18.9. The van der Waals surface area contributed by atoms with Crippen LogP contribution in [0, 0.1) is 12.8 Å². The SMILES string of the molecule is CCC(CC)COc1nc(Cn2c(=O)c3ccccc3n3nc(C)cc23)nc2ccc(-c3cnn(C)c3)cc12. The fourth-order valence-electron chi connectivity index (χ4n) is 5.04. The zero-order valence-electron chi connectivity index (χ0n) is 22.6. The fraction of sp³-hybridized carbons (Fsp3) is 0.300. The first-order valence-corrected chi connectivity index (χ1v) is 13.4. The maximum absolute atomic E-state index is 13.6. The van der Waals surface area contributed by atoms with Crippen molar-refractivity contribution in [2.75, 3.05) is 6.61 Å². The second kappa shape index (κ2) is 9.98. The van der Waals surface area contributed by atoms with Crippen LogP contribution in [0.2, 0.25) is 0 Å². The van der Waals surface area contributed by atoms with Gasteiger partial charge in [0.15, 0.2) is 5.82 Å². The number of hydrogen-bond acceptors (Lipinski definition) is 6. The summed E-state index contributed by atoms with van der Waals surface area (Å²) in [6.45, 7) is 7.03. The van der Waals surface area contributed by atoms with Gasteiger partial charge in [-0.3, -0.25) is 14.0 Å². The van der Waals surface area contributed by atoms with E-state index in [0.717, 1.165) is 46.1 Å². The Hall–Kier alpha value is -4.53. The lowest BCUT2D eigenvalue weighted by Crippen LogP contribution is -2.24. The van der Waals surface area contributed by atoms with Crippen molar-refractivity contribution < 1.29 is 4.74 Å². The molecule has 0 aliphatic heterocycles. The van der Waals surface area contributed by atoms with Crippen LogP contribution < -0.4 is 10.3 Å². The minimum absolute atomic E-state index is 0.104. The van der Waals surface area contributed by atoms with Crippen LogP contribution in [0.5, 0.6) is 5.88 Å². The van der Waals surface area contributed by atoms with Gasteiger partial charge in [0.2, 0.25) is 5.88 Å². The molecule has 0 bridgehead atoms. The highest BCUT2D eigenvalue weighted by molar-refractivity contribution is 5.88. The molecule has 0 unspecified atom stereocenters. The molecule has 0 aliphatic rings.